The van der Waals surface area contributed by atoms with Crippen LogP contribution in [-0.2, 0) is 4.84 Å². The number of rotatable bonds is 4. The van der Waals surface area contributed by atoms with Gasteiger partial charge in [-0.05, 0) is 17.3 Å². The Bertz CT molecular complexity index is 355. The number of anilines is 1. The molecule has 2 N–H and O–H groups in total. The summed E-state index contributed by atoms with van der Waals surface area (Å²) in [4.78, 5) is 16.2. The fourth-order valence-corrected chi connectivity index (χ4v) is 1.18. The Labute approximate surface area is 95.3 Å². The van der Waals surface area contributed by atoms with Crippen LogP contribution in [-0.4, -0.2) is 11.8 Å². The maximum Gasteiger partial charge on any atom is 0.479 e. The molecule has 0 bridgehead atoms. The zero-order valence-corrected chi connectivity index (χ0v) is 9.62. The SMILES string of the molecule is CCC(CC)=[NH+]OC(=O)Nc1ccccc1. The van der Waals surface area contributed by atoms with E-state index in [1.165, 1.54) is 0 Å². The third-order valence-electron chi connectivity index (χ3n) is 2.16. The third kappa shape index (κ3) is 4.13. The van der Waals surface area contributed by atoms with E-state index in [2.05, 4.69) is 10.5 Å². The highest BCUT2D eigenvalue weighted by Crippen LogP contribution is 2.04. The van der Waals surface area contributed by atoms with Crippen LogP contribution >= 0.6 is 0 Å². The summed E-state index contributed by atoms with van der Waals surface area (Å²) in [6.07, 6.45) is 1.18. The maximum atomic E-state index is 11.3. The molecule has 0 spiro atoms. The van der Waals surface area contributed by atoms with Crippen molar-refractivity contribution in [3.8, 4) is 0 Å². The van der Waals surface area contributed by atoms with E-state index in [-0.39, 0.29) is 0 Å². The third-order valence-corrected chi connectivity index (χ3v) is 2.16. The van der Waals surface area contributed by atoms with Crippen molar-refractivity contribution in [2.45, 2.75) is 26.7 Å². The summed E-state index contributed by atoms with van der Waals surface area (Å²) in [5.41, 5.74) is 1.70. The van der Waals surface area contributed by atoms with E-state index in [0.29, 0.717) is 5.69 Å². The second kappa shape index (κ2) is 6.61. The molecule has 86 valence electrons. The fraction of sp³-hybridized carbons (Fsp3) is 0.333. The van der Waals surface area contributed by atoms with E-state index in [9.17, 15) is 4.79 Å². The molecule has 0 unspecified atom stereocenters. The monoisotopic (exact) mass is 221 g/mol. The summed E-state index contributed by atoms with van der Waals surface area (Å²) < 4.78 is 0. The number of hydrogen-bond donors (Lipinski definition) is 2. The first-order valence-corrected chi connectivity index (χ1v) is 5.39. The molecule has 0 aliphatic carbocycles. The first-order chi connectivity index (χ1) is 7.76. The lowest BCUT2D eigenvalue weighted by atomic mass is 10.2. The molecule has 1 aromatic rings. The van der Waals surface area contributed by atoms with Crippen molar-refractivity contribution in [3.63, 3.8) is 0 Å². The van der Waals surface area contributed by atoms with Gasteiger partial charge in [0.1, 0.15) is 0 Å². The van der Waals surface area contributed by atoms with Gasteiger partial charge in [0.15, 0.2) is 0 Å². The van der Waals surface area contributed by atoms with E-state index >= 15 is 0 Å². The Morgan fingerprint density at radius 2 is 1.88 bits per heavy atom. The number of nitrogens with one attached hydrogen (secondary N) is 2. The Hall–Kier alpha value is -1.84. The standard InChI is InChI=1S/C12H16N2O2/c1-3-10(4-2)14-16-12(15)13-11-8-6-5-7-9-11/h5-9H,3-4H2,1-2H3,(H,13,15)/p+1. The quantitative estimate of drug-likeness (QED) is 0.460. The first-order valence-electron chi connectivity index (χ1n) is 5.39. The first kappa shape index (κ1) is 12.2. The topological polar surface area (TPSA) is 52.3 Å². The van der Waals surface area contributed by atoms with Gasteiger partial charge in [-0.3, -0.25) is 5.32 Å². The maximum absolute atomic E-state index is 11.3. The van der Waals surface area contributed by atoms with Crippen molar-refractivity contribution in [1.29, 1.82) is 0 Å². The van der Waals surface area contributed by atoms with Crippen LogP contribution in [0.2, 0.25) is 0 Å². The normalized spacial score (nSPS) is 9.38. The summed E-state index contributed by atoms with van der Waals surface area (Å²) in [6, 6.07) is 9.17. The number of carbonyl (C=O) groups is 1. The molecule has 4 nitrogen and oxygen atoms in total. The Balaban J connectivity index is 2.45. The van der Waals surface area contributed by atoms with Gasteiger partial charge in [-0.2, -0.15) is 4.84 Å². The average molecular weight is 221 g/mol. The minimum absolute atomic E-state index is 0.509. The van der Waals surface area contributed by atoms with E-state index in [1.54, 1.807) is 12.1 Å². The summed E-state index contributed by atoms with van der Waals surface area (Å²) >= 11 is 0. The molecule has 0 aliphatic rings. The molecule has 0 aliphatic heterocycles. The van der Waals surface area contributed by atoms with Gasteiger partial charge in [0.25, 0.3) is 0 Å². The number of hydrogen-bond acceptors (Lipinski definition) is 2. The predicted molar refractivity (Wildman–Crippen MR) is 63.1 cm³/mol. The molecule has 0 saturated carbocycles. The van der Waals surface area contributed by atoms with Crippen LogP contribution in [0, 0.1) is 0 Å². The summed E-state index contributed by atoms with van der Waals surface area (Å²) in [6.45, 7) is 4.01. The zero-order chi connectivity index (χ0) is 11.8. The van der Waals surface area contributed by atoms with Crippen molar-refractivity contribution >= 4 is 17.5 Å². The van der Waals surface area contributed by atoms with Gasteiger partial charge < -0.3 is 0 Å². The van der Waals surface area contributed by atoms with Crippen LogP contribution in [0.5, 0.6) is 0 Å². The number of benzene rings is 1. The Morgan fingerprint density at radius 3 is 2.44 bits per heavy atom. The van der Waals surface area contributed by atoms with Gasteiger partial charge in [-0.15, -0.1) is 0 Å². The van der Waals surface area contributed by atoms with Gasteiger partial charge in [0.2, 0.25) is 5.71 Å². The summed E-state index contributed by atoms with van der Waals surface area (Å²) in [5, 5.41) is 5.25. The van der Waals surface area contributed by atoms with E-state index in [4.69, 9.17) is 4.84 Å². The van der Waals surface area contributed by atoms with Crippen molar-refractivity contribution in [2.24, 2.45) is 0 Å². The van der Waals surface area contributed by atoms with Crippen LogP contribution in [0.4, 0.5) is 10.5 Å². The predicted octanol–water partition coefficient (Wildman–Crippen LogP) is 1.49. The van der Waals surface area contributed by atoms with E-state index in [1.807, 2.05) is 32.0 Å². The summed E-state index contributed by atoms with van der Waals surface area (Å²) in [7, 11) is 0. The lowest BCUT2D eigenvalue weighted by molar-refractivity contribution is -0.721. The fourth-order valence-electron chi connectivity index (χ4n) is 1.18. The van der Waals surface area contributed by atoms with Gasteiger partial charge in [0, 0.05) is 18.5 Å². The highest BCUT2D eigenvalue weighted by Gasteiger charge is 2.07. The van der Waals surface area contributed by atoms with Crippen molar-refractivity contribution in [3.05, 3.63) is 30.3 Å². The van der Waals surface area contributed by atoms with Gasteiger partial charge >= 0.3 is 6.09 Å². The molecule has 1 aromatic carbocycles. The lowest BCUT2D eigenvalue weighted by Crippen LogP contribution is -2.73. The minimum Gasteiger partial charge on any atom is -0.286 e. The van der Waals surface area contributed by atoms with Crippen LogP contribution in [0.1, 0.15) is 26.7 Å². The molecule has 1 amide bonds. The molecule has 1 rings (SSSR count). The number of amides is 1. The second-order valence-corrected chi connectivity index (χ2v) is 3.29. The smallest absolute Gasteiger partial charge is 0.286 e. The molecule has 0 aromatic heterocycles. The van der Waals surface area contributed by atoms with Crippen LogP contribution in [0.3, 0.4) is 0 Å². The van der Waals surface area contributed by atoms with Crippen molar-refractivity contribution in [1.82, 2.24) is 0 Å². The molecular formula is C12H17N2O2+. The largest absolute Gasteiger partial charge is 0.479 e. The average Bonchev–Trinajstić information content (AvgIpc) is 2.31. The molecule has 0 atom stereocenters. The molecule has 16 heavy (non-hydrogen) atoms. The van der Waals surface area contributed by atoms with Crippen LogP contribution in [0.25, 0.3) is 0 Å². The molecule has 0 fully saturated rings. The molecule has 4 heteroatoms. The zero-order valence-electron chi connectivity index (χ0n) is 9.62. The van der Waals surface area contributed by atoms with Gasteiger partial charge in [0.05, 0.1) is 0 Å². The Morgan fingerprint density at radius 1 is 1.25 bits per heavy atom. The Kier molecular flexibility index (Phi) is 5.05. The second-order valence-electron chi connectivity index (χ2n) is 3.29. The molecule has 0 heterocycles. The van der Waals surface area contributed by atoms with Crippen molar-refractivity contribution < 1.29 is 14.8 Å². The van der Waals surface area contributed by atoms with Gasteiger partial charge in [-0.25, -0.2) is 4.79 Å². The highest BCUT2D eigenvalue weighted by atomic mass is 16.7. The lowest BCUT2D eigenvalue weighted by Gasteiger charge is -1.99. The van der Waals surface area contributed by atoms with Crippen molar-refractivity contribution in [2.75, 3.05) is 5.32 Å². The molecule has 0 radical (unpaired) electrons. The number of carbonyl (C=O) groups excluding carboxylic acids is 1. The van der Waals surface area contributed by atoms with E-state index < -0.39 is 6.09 Å². The van der Waals surface area contributed by atoms with E-state index in [0.717, 1.165) is 18.6 Å². The minimum atomic E-state index is -0.509. The summed E-state index contributed by atoms with van der Waals surface area (Å²) in [5.74, 6) is 0. The van der Waals surface area contributed by atoms with Crippen LogP contribution in [0.15, 0.2) is 30.3 Å². The van der Waals surface area contributed by atoms with Crippen LogP contribution < -0.4 is 10.5 Å². The molecule has 0 saturated heterocycles. The molecular weight excluding hydrogens is 204 g/mol. The van der Waals surface area contributed by atoms with Gasteiger partial charge in [-0.1, -0.05) is 32.0 Å². The number of para-hydroxylation sites is 1. The highest BCUT2D eigenvalue weighted by molar-refractivity contribution is 5.84.